The van der Waals surface area contributed by atoms with E-state index in [1.54, 1.807) is 43.3 Å². The van der Waals surface area contributed by atoms with Crippen LogP contribution in [-0.2, 0) is 4.79 Å². The maximum absolute atomic E-state index is 12.4. The third kappa shape index (κ3) is 4.38. The van der Waals surface area contributed by atoms with Gasteiger partial charge in [0, 0.05) is 21.3 Å². The van der Waals surface area contributed by atoms with Gasteiger partial charge in [0.15, 0.2) is 0 Å². The molecule has 0 aliphatic rings. The second kappa shape index (κ2) is 8.12. The van der Waals surface area contributed by atoms with Crippen molar-refractivity contribution in [3.63, 3.8) is 0 Å². The predicted octanol–water partition coefficient (Wildman–Crippen LogP) is 5.47. The highest BCUT2D eigenvalue weighted by Gasteiger charge is 2.19. The number of hydrogen-bond donors (Lipinski definition) is 1. The molecule has 0 fully saturated rings. The van der Waals surface area contributed by atoms with Crippen LogP contribution in [0.3, 0.4) is 0 Å². The molecule has 0 saturated carbocycles. The van der Waals surface area contributed by atoms with Gasteiger partial charge in [-0.25, -0.2) is 0 Å². The Morgan fingerprint density at radius 3 is 2.73 bits per heavy atom. The smallest absolute Gasteiger partial charge is 0.277 e. The molecule has 1 N–H and O–H groups in total. The molecule has 1 atom stereocenters. The molecule has 3 aromatic rings. The Morgan fingerprint density at radius 1 is 1.19 bits per heavy atom. The zero-order valence-electron chi connectivity index (χ0n) is 14.0. The zero-order valence-corrected chi connectivity index (χ0v) is 16.3. The van der Waals surface area contributed by atoms with Gasteiger partial charge in [0.1, 0.15) is 0 Å². The van der Waals surface area contributed by atoms with Gasteiger partial charge >= 0.3 is 0 Å². The highest BCUT2D eigenvalue weighted by atomic mass is 35.5. The topological polar surface area (TPSA) is 68.0 Å². The number of rotatable bonds is 5. The summed E-state index contributed by atoms with van der Waals surface area (Å²) < 4.78 is 5.62. The van der Waals surface area contributed by atoms with Crippen molar-refractivity contribution in [3.8, 4) is 11.5 Å². The average molecular weight is 408 g/mol. The Kier molecular flexibility index (Phi) is 5.86. The van der Waals surface area contributed by atoms with E-state index in [-0.39, 0.29) is 5.91 Å². The molecule has 3 rings (SSSR count). The minimum Gasteiger partial charge on any atom is -0.411 e. The Labute approximate surface area is 165 Å². The van der Waals surface area contributed by atoms with Gasteiger partial charge in [-0.05, 0) is 49.7 Å². The SMILES string of the molecule is Cc1c(Cl)cccc1NC(=O)[C@@H](C)Sc1nnc(-c2cccc(Cl)c2)o1. The van der Waals surface area contributed by atoms with Crippen molar-refractivity contribution in [2.45, 2.75) is 24.3 Å². The molecule has 2 aromatic carbocycles. The predicted molar refractivity (Wildman–Crippen MR) is 105 cm³/mol. The second-order valence-electron chi connectivity index (χ2n) is 5.55. The highest BCUT2D eigenvalue weighted by molar-refractivity contribution is 8.00. The van der Waals surface area contributed by atoms with Gasteiger partial charge in [0.2, 0.25) is 11.8 Å². The number of carbonyl (C=O) groups is 1. The summed E-state index contributed by atoms with van der Waals surface area (Å²) in [6, 6.07) is 12.5. The lowest BCUT2D eigenvalue weighted by Gasteiger charge is -2.12. The number of nitrogens with one attached hydrogen (secondary N) is 1. The van der Waals surface area contributed by atoms with Crippen LogP contribution >= 0.6 is 35.0 Å². The van der Waals surface area contributed by atoms with E-state index < -0.39 is 5.25 Å². The molecule has 1 heterocycles. The quantitative estimate of drug-likeness (QED) is 0.567. The molecule has 26 heavy (non-hydrogen) atoms. The molecule has 5 nitrogen and oxygen atoms in total. The van der Waals surface area contributed by atoms with Gasteiger partial charge in [0.05, 0.1) is 5.25 Å². The van der Waals surface area contributed by atoms with Crippen molar-refractivity contribution in [2.75, 3.05) is 5.32 Å². The van der Waals surface area contributed by atoms with E-state index in [2.05, 4.69) is 15.5 Å². The fourth-order valence-electron chi connectivity index (χ4n) is 2.18. The first kappa shape index (κ1) is 18.8. The lowest BCUT2D eigenvalue weighted by atomic mass is 10.2. The first-order chi connectivity index (χ1) is 12.4. The Morgan fingerprint density at radius 2 is 1.96 bits per heavy atom. The first-order valence-electron chi connectivity index (χ1n) is 7.76. The minimum absolute atomic E-state index is 0.178. The summed E-state index contributed by atoms with van der Waals surface area (Å²) >= 11 is 13.2. The number of carbonyl (C=O) groups excluding carboxylic acids is 1. The first-order valence-corrected chi connectivity index (χ1v) is 9.39. The second-order valence-corrected chi connectivity index (χ2v) is 7.68. The van der Waals surface area contributed by atoms with Gasteiger partial charge in [0.25, 0.3) is 5.22 Å². The standard InChI is InChI=1S/C18H15Cl2N3O2S/c1-10-14(20)7-4-8-15(10)21-16(24)11(2)26-18-23-22-17(25-18)12-5-3-6-13(19)9-12/h3-9,11H,1-2H3,(H,21,24)/t11-/m1/s1. The fourth-order valence-corrected chi connectivity index (χ4v) is 3.23. The molecule has 1 amide bonds. The molecule has 0 bridgehead atoms. The van der Waals surface area contributed by atoms with Crippen molar-refractivity contribution < 1.29 is 9.21 Å². The summed E-state index contributed by atoms with van der Waals surface area (Å²) in [6.45, 7) is 3.62. The van der Waals surface area contributed by atoms with Gasteiger partial charge in [-0.3, -0.25) is 4.79 Å². The lowest BCUT2D eigenvalue weighted by Crippen LogP contribution is -2.22. The molecular weight excluding hydrogens is 393 g/mol. The average Bonchev–Trinajstić information content (AvgIpc) is 3.07. The molecule has 0 aliphatic carbocycles. The van der Waals surface area contributed by atoms with E-state index in [0.717, 1.165) is 11.1 Å². The number of thioether (sulfide) groups is 1. The third-order valence-corrected chi connectivity index (χ3v) is 5.23. The monoisotopic (exact) mass is 407 g/mol. The fraction of sp³-hybridized carbons (Fsp3) is 0.167. The molecule has 1 aromatic heterocycles. The van der Waals surface area contributed by atoms with Gasteiger partial charge in [-0.2, -0.15) is 0 Å². The molecular formula is C18H15Cl2N3O2S. The molecule has 0 aliphatic heterocycles. The van der Waals surface area contributed by atoms with E-state index in [1.165, 1.54) is 11.8 Å². The van der Waals surface area contributed by atoms with Crippen molar-refractivity contribution in [1.29, 1.82) is 0 Å². The van der Waals surface area contributed by atoms with E-state index in [0.29, 0.717) is 26.8 Å². The summed E-state index contributed by atoms with van der Waals surface area (Å²) in [5, 5.41) is 11.9. The van der Waals surface area contributed by atoms with Crippen LogP contribution in [0, 0.1) is 6.92 Å². The van der Waals surface area contributed by atoms with Gasteiger partial charge < -0.3 is 9.73 Å². The van der Waals surface area contributed by atoms with Crippen LogP contribution in [0.25, 0.3) is 11.5 Å². The van der Waals surface area contributed by atoms with Gasteiger partial charge in [-0.1, -0.05) is 47.1 Å². The molecule has 0 spiro atoms. The number of hydrogen-bond acceptors (Lipinski definition) is 5. The maximum Gasteiger partial charge on any atom is 0.277 e. The van der Waals surface area contributed by atoms with Crippen LogP contribution < -0.4 is 5.32 Å². The minimum atomic E-state index is -0.430. The Hall–Kier alpha value is -2.02. The summed E-state index contributed by atoms with van der Waals surface area (Å²) in [7, 11) is 0. The highest BCUT2D eigenvalue weighted by Crippen LogP contribution is 2.29. The van der Waals surface area contributed by atoms with E-state index in [4.69, 9.17) is 27.6 Å². The molecule has 0 radical (unpaired) electrons. The Balaban J connectivity index is 1.67. The van der Waals surface area contributed by atoms with Gasteiger partial charge in [-0.15, -0.1) is 10.2 Å². The summed E-state index contributed by atoms with van der Waals surface area (Å²) in [6.07, 6.45) is 0. The summed E-state index contributed by atoms with van der Waals surface area (Å²) in [5.74, 6) is 0.177. The number of amides is 1. The van der Waals surface area contributed by atoms with Crippen LogP contribution in [0.4, 0.5) is 5.69 Å². The normalized spacial score (nSPS) is 12.0. The van der Waals surface area contributed by atoms with E-state index >= 15 is 0 Å². The maximum atomic E-state index is 12.4. The third-order valence-electron chi connectivity index (χ3n) is 3.65. The number of aromatic nitrogens is 2. The number of anilines is 1. The van der Waals surface area contributed by atoms with Crippen molar-refractivity contribution in [2.24, 2.45) is 0 Å². The molecule has 134 valence electrons. The van der Waals surface area contributed by atoms with E-state index in [9.17, 15) is 4.79 Å². The van der Waals surface area contributed by atoms with Crippen molar-refractivity contribution in [3.05, 3.63) is 58.1 Å². The van der Waals surface area contributed by atoms with Crippen LogP contribution in [0.2, 0.25) is 10.0 Å². The lowest BCUT2D eigenvalue weighted by molar-refractivity contribution is -0.115. The van der Waals surface area contributed by atoms with Crippen LogP contribution in [-0.4, -0.2) is 21.4 Å². The summed E-state index contributed by atoms with van der Waals surface area (Å²) in [5.41, 5.74) is 2.23. The Bertz CT molecular complexity index is 946. The van der Waals surface area contributed by atoms with Crippen molar-refractivity contribution >= 4 is 46.6 Å². The largest absolute Gasteiger partial charge is 0.411 e. The molecule has 8 heteroatoms. The molecule has 0 saturated heterocycles. The van der Waals surface area contributed by atoms with Crippen molar-refractivity contribution in [1.82, 2.24) is 10.2 Å². The molecule has 0 unspecified atom stereocenters. The van der Waals surface area contributed by atoms with Crippen LogP contribution in [0.5, 0.6) is 0 Å². The van der Waals surface area contributed by atoms with Crippen LogP contribution in [0.15, 0.2) is 52.1 Å². The number of halogens is 2. The number of nitrogens with zero attached hydrogens (tertiary/aromatic N) is 2. The number of benzene rings is 2. The zero-order chi connectivity index (χ0) is 18.7. The van der Waals surface area contributed by atoms with Crippen LogP contribution in [0.1, 0.15) is 12.5 Å². The van der Waals surface area contributed by atoms with E-state index in [1.807, 2.05) is 13.0 Å². The summed E-state index contributed by atoms with van der Waals surface area (Å²) in [4.78, 5) is 12.4.